The van der Waals surface area contributed by atoms with Crippen molar-refractivity contribution in [2.24, 2.45) is 0 Å². The van der Waals surface area contributed by atoms with Crippen LogP contribution in [0.15, 0.2) is 243 Å². The van der Waals surface area contributed by atoms with Crippen molar-refractivity contribution in [1.29, 1.82) is 0 Å². The molecule has 0 unspecified atom stereocenters. The van der Waals surface area contributed by atoms with Crippen LogP contribution in [0, 0.1) is 0 Å². The van der Waals surface area contributed by atoms with Crippen molar-refractivity contribution in [2.45, 2.75) is 0 Å². The molecule has 0 saturated carbocycles. The second-order valence-electron chi connectivity index (χ2n) is 19.7. The third-order valence-electron chi connectivity index (χ3n) is 15.6. The Balaban J connectivity index is 0.953. The normalized spacial score (nSPS) is 12.1. The molecule has 0 N–H and O–H groups in total. The molecule has 0 saturated heterocycles. The Morgan fingerprint density at radius 1 is 0.243 bits per heavy atom. The smallest absolute Gasteiger partial charge is 0.160 e. The second-order valence-corrected chi connectivity index (χ2v) is 19.7. The van der Waals surface area contributed by atoms with Crippen LogP contribution in [0.3, 0.4) is 0 Å². The Labute approximate surface area is 426 Å². The number of fused-ring (bicyclic) bond motifs is 9. The maximum absolute atomic E-state index is 5.68. The minimum absolute atomic E-state index is 0.661. The molecule has 16 rings (SSSR count). The van der Waals surface area contributed by atoms with Gasteiger partial charge in [0.2, 0.25) is 0 Å². The molecule has 74 heavy (non-hydrogen) atoms. The van der Waals surface area contributed by atoms with E-state index in [9.17, 15) is 0 Å². The molecule has 0 radical (unpaired) electrons. The fourth-order valence-electron chi connectivity index (χ4n) is 12.1. The molecule has 0 fully saturated rings. The number of nitrogens with zero attached hydrogens (tertiary/aromatic N) is 4. The molecule has 4 heteroatoms. The van der Waals surface area contributed by atoms with Gasteiger partial charge in [0.05, 0.1) is 22.2 Å². The number of para-hydroxylation sites is 2. The molecule has 3 aromatic heterocycles. The van der Waals surface area contributed by atoms with Crippen molar-refractivity contribution < 1.29 is 0 Å². The van der Waals surface area contributed by atoms with Gasteiger partial charge in [-0.2, -0.15) is 0 Å². The Bertz CT molecular complexity index is 4650. The van der Waals surface area contributed by atoms with Crippen molar-refractivity contribution in [3.63, 3.8) is 0 Å². The molecule has 2 aliphatic rings. The maximum Gasteiger partial charge on any atom is 0.160 e. The van der Waals surface area contributed by atoms with Gasteiger partial charge in [-0.3, -0.25) is 9.97 Å². The molecular weight excluding hydrogens is 897 g/mol. The van der Waals surface area contributed by atoms with Gasteiger partial charge in [-0.15, -0.1) is 0 Å². The largest absolute Gasteiger partial charge is 0.256 e. The van der Waals surface area contributed by atoms with E-state index < -0.39 is 0 Å². The molecule has 340 valence electrons. The predicted octanol–water partition coefficient (Wildman–Crippen LogP) is 18.3. The number of pyridine rings is 2. The zero-order valence-electron chi connectivity index (χ0n) is 39.9. The molecule has 3 heterocycles. The quantitative estimate of drug-likeness (QED) is 0.167. The van der Waals surface area contributed by atoms with Crippen molar-refractivity contribution in [1.82, 2.24) is 19.9 Å². The highest BCUT2D eigenvalue weighted by molar-refractivity contribution is 6.22. The third-order valence-corrected chi connectivity index (χ3v) is 15.6. The number of aromatic nitrogens is 4. The average molecular weight is 937 g/mol. The number of rotatable bonds is 6. The zero-order chi connectivity index (χ0) is 48.4. The van der Waals surface area contributed by atoms with Crippen molar-refractivity contribution >= 4 is 54.3 Å². The fourth-order valence-corrected chi connectivity index (χ4v) is 12.1. The molecule has 0 bridgehead atoms. The lowest BCUT2D eigenvalue weighted by atomic mass is 9.88. The molecule has 0 atom stereocenters. The maximum atomic E-state index is 5.68. The van der Waals surface area contributed by atoms with Crippen molar-refractivity contribution in [2.75, 3.05) is 0 Å². The van der Waals surface area contributed by atoms with Gasteiger partial charge in [-0.05, 0) is 130 Å². The summed E-state index contributed by atoms with van der Waals surface area (Å²) in [5.74, 6) is 0.661. The van der Waals surface area contributed by atoms with Gasteiger partial charge < -0.3 is 0 Å². The summed E-state index contributed by atoms with van der Waals surface area (Å²) in [6.45, 7) is 0. The van der Waals surface area contributed by atoms with Crippen LogP contribution >= 0.6 is 0 Å². The van der Waals surface area contributed by atoms with E-state index >= 15 is 0 Å². The lowest BCUT2D eigenvalue weighted by Gasteiger charge is -2.18. The number of hydrogen-bond donors (Lipinski definition) is 0. The first kappa shape index (κ1) is 40.8. The van der Waals surface area contributed by atoms with Gasteiger partial charge >= 0.3 is 0 Å². The van der Waals surface area contributed by atoms with E-state index in [0.29, 0.717) is 5.82 Å². The van der Waals surface area contributed by atoms with Gasteiger partial charge in [0.15, 0.2) is 5.82 Å². The van der Waals surface area contributed by atoms with E-state index in [-0.39, 0.29) is 0 Å². The molecule has 4 nitrogen and oxygen atoms in total. The molecule has 0 aliphatic heterocycles. The predicted molar refractivity (Wildman–Crippen MR) is 307 cm³/mol. The number of benzene rings is 11. The van der Waals surface area contributed by atoms with E-state index in [4.69, 9.17) is 19.9 Å². The zero-order valence-corrected chi connectivity index (χ0v) is 39.9. The fraction of sp³-hybridized carbons (Fsp3) is 0. The molecular formula is C70H40N4. The van der Waals surface area contributed by atoms with Gasteiger partial charge in [0.25, 0.3) is 0 Å². The van der Waals surface area contributed by atoms with E-state index in [0.717, 1.165) is 88.5 Å². The monoisotopic (exact) mass is 936 g/mol. The lowest BCUT2D eigenvalue weighted by molar-refractivity contribution is 1.23. The average Bonchev–Trinajstić information content (AvgIpc) is 3.98. The lowest BCUT2D eigenvalue weighted by Crippen LogP contribution is -1.99. The van der Waals surface area contributed by atoms with Gasteiger partial charge in [-0.1, -0.05) is 194 Å². The molecule has 0 amide bonds. The molecule has 0 spiro atoms. The topological polar surface area (TPSA) is 51.6 Å². The van der Waals surface area contributed by atoms with Gasteiger partial charge in [0.1, 0.15) is 0 Å². The Hall–Kier alpha value is -9.90. The van der Waals surface area contributed by atoms with E-state index in [2.05, 4.69) is 218 Å². The van der Waals surface area contributed by atoms with Crippen LogP contribution in [0.25, 0.3) is 166 Å². The SMILES string of the molecule is c1ccc2c(c1)-c1cccc3c(-c4cc(-c5ccc6c7c(cccc57)-c5ccccc5-6)c5nc(-c6ccc(-c7cnc8ccccc8c7)cc6)nc(-c6ccc(-c7cnc8ccccc8c7)cc6)c5c4)ccc-2c13. The Kier molecular flexibility index (Phi) is 8.71. The van der Waals surface area contributed by atoms with Crippen LogP contribution in [0.4, 0.5) is 0 Å². The van der Waals surface area contributed by atoms with Crippen LogP contribution in [0.2, 0.25) is 0 Å². The highest BCUT2D eigenvalue weighted by atomic mass is 14.9. The molecule has 2 aliphatic carbocycles. The highest BCUT2D eigenvalue weighted by Crippen LogP contribution is 2.53. The summed E-state index contributed by atoms with van der Waals surface area (Å²) in [7, 11) is 0. The first-order valence-electron chi connectivity index (χ1n) is 25.3. The van der Waals surface area contributed by atoms with Crippen LogP contribution in [-0.2, 0) is 0 Å². The summed E-state index contributed by atoms with van der Waals surface area (Å²) in [6.07, 6.45) is 3.93. The van der Waals surface area contributed by atoms with Gasteiger partial charge in [-0.25, -0.2) is 9.97 Å². The van der Waals surface area contributed by atoms with Crippen LogP contribution in [-0.4, -0.2) is 19.9 Å². The summed E-state index contributed by atoms with van der Waals surface area (Å²) in [5.41, 5.74) is 24.7. The van der Waals surface area contributed by atoms with Crippen LogP contribution in [0.5, 0.6) is 0 Å². The third kappa shape index (κ3) is 6.15. The number of hydrogen-bond acceptors (Lipinski definition) is 4. The van der Waals surface area contributed by atoms with E-state index in [1.54, 1.807) is 0 Å². The van der Waals surface area contributed by atoms with Crippen molar-refractivity contribution in [3.8, 4) is 112 Å². The second kappa shape index (κ2) is 15.8. The Morgan fingerprint density at radius 2 is 0.689 bits per heavy atom. The van der Waals surface area contributed by atoms with E-state index in [1.165, 1.54) is 71.6 Å². The summed E-state index contributed by atoms with van der Waals surface area (Å²) in [6, 6.07) is 83.6. The minimum Gasteiger partial charge on any atom is -0.256 e. The van der Waals surface area contributed by atoms with Crippen LogP contribution < -0.4 is 0 Å². The minimum atomic E-state index is 0.661. The summed E-state index contributed by atoms with van der Waals surface area (Å²) < 4.78 is 0. The molecule has 11 aromatic carbocycles. The Morgan fingerprint density at radius 3 is 1.26 bits per heavy atom. The first-order valence-corrected chi connectivity index (χ1v) is 25.3. The first-order chi connectivity index (χ1) is 36.7. The summed E-state index contributed by atoms with van der Waals surface area (Å²) in [4.78, 5) is 20.9. The van der Waals surface area contributed by atoms with E-state index in [1.807, 2.05) is 24.5 Å². The summed E-state index contributed by atoms with van der Waals surface area (Å²) >= 11 is 0. The van der Waals surface area contributed by atoms with Crippen molar-refractivity contribution in [3.05, 3.63) is 243 Å². The highest BCUT2D eigenvalue weighted by Gasteiger charge is 2.27. The molecule has 14 aromatic rings. The standard InChI is InChI=1S/C70H40N4/c1-7-21-64-45(11-1)35-48(39-71-64)41-23-27-43(28-24-41)68-63-38-47(50-31-33-60-53-15-5-3-13-51(53)57-18-9-17-56(50)66(57)60)37-62(55-32-34-61-54-16-6-4-14-52(54)58-19-10-20-59(55)67(58)61)69(63)74-70(73-68)44-29-25-42(26-30-44)49-36-46-12-2-8-22-65(46)72-40-49/h1-40H. The van der Waals surface area contributed by atoms with Crippen LogP contribution in [0.1, 0.15) is 0 Å². The summed E-state index contributed by atoms with van der Waals surface area (Å²) in [5, 5.41) is 8.21. The van der Waals surface area contributed by atoms with Gasteiger partial charge in [0, 0.05) is 56.4 Å².